The maximum absolute atomic E-state index is 3.81. The molecule has 1 atom stereocenters. The molecule has 96 valence electrons. The zero-order valence-electron chi connectivity index (χ0n) is 11.6. The summed E-state index contributed by atoms with van der Waals surface area (Å²) in [5.41, 5.74) is 0.586. The highest BCUT2D eigenvalue weighted by molar-refractivity contribution is 4.89. The molecular formula is C15H31N. The lowest BCUT2D eigenvalue weighted by Crippen LogP contribution is -2.45. The molecule has 0 amide bonds. The van der Waals surface area contributed by atoms with Crippen LogP contribution < -0.4 is 5.32 Å². The quantitative estimate of drug-likeness (QED) is 0.672. The molecule has 0 heterocycles. The molecule has 1 rings (SSSR count). The van der Waals surface area contributed by atoms with Crippen molar-refractivity contribution in [2.75, 3.05) is 6.54 Å². The monoisotopic (exact) mass is 225 g/mol. The Bertz CT molecular complexity index is 162. The molecule has 1 saturated carbocycles. The summed E-state index contributed by atoms with van der Waals surface area (Å²) in [7, 11) is 0. The lowest BCUT2D eigenvalue weighted by Gasteiger charge is -2.41. The molecule has 16 heavy (non-hydrogen) atoms. The minimum atomic E-state index is 0.586. The van der Waals surface area contributed by atoms with Crippen molar-refractivity contribution in [2.45, 2.75) is 84.6 Å². The molecule has 1 aliphatic rings. The van der Waals surface area contributed by atoms with E-state index in [9.17, 15) is 0 Å². The van der Waals surface area contributed by atoms with Crippen LogP contribution in [0.25, 0.3) is 0 Å². The van der Waals surface area contributed by atoms with Crippen molar-refractivity contribution in [2.24, 2.45) is 5.41 Å². The smallest absolute Gasteiger partial charge is 0.0121 e. The van der Waals surface area contributed by atoms with Crippen molar-refractivity contribution >= 4 is 0 Å². The van der Waals surface area contributed by atoms with Crippen LogP contribution in [0.2, 0.25) is 0 Å². The maximum Gasteiger partial charge on any atom is 0.0121 e. The average Bonchev–Trinajstić information content (AvgIpc) is 2.30. The van der Waals surface area contributed by atoms with Crippen LogP contribution in [0.15, 0.2) is 0 Å². The molecule has 1 nitrogen and oxygen atoms in total. The fourth-order valence-electron chi connectivity index (χ4n) is 3.13. The summed E-state index contributed by atoms with van der Waals surface area (Å²) >= 11 is 0. The highest BCUT2D eigenvalue weighted by Crippen LogP contribution is 2.40. The molecule has 0 aliphatic heterocycles. The Morgan fingerprint density at radius 2 is 1.75 bits per heavy atom. The largest absolute Gasteiger partial charge is 0.313 e. The summed E-state index contributed by atoms with van der Waals surface area (Å²) in [6.45, 7) is 8.30. The van der Waals surface area contributed by atoms with E-state index in [2.05, 4.69) is 26.1 Å². The van der Waals surface area contributed by atoms with E-state index in [0.717, 1.165) is 6.04 Å². The first-order valence-electron chi connectivity index (χ1n) is 7.46. The van der Waals surface area contributed by atoms with Crippen LogP contribution in [-0.4, -0.2) is 12.6 Å². The third-order valence-electron chi connectivity index (χ3n) is 4.32. The fraction of sp³-hybridized carbons (Fsp3) is 1.00. The molecule has 0 saturated heterocycles. The normalized spacial score (nSPS) is 21.9. The van der Waals surface area contributed by atoms with Crippen LogP contribution in [-0.2, 0) is 0 Å². The van der Waals surface area contributed by atoms with Crippen molar-refractivity contribution < 1.29 is 0 Å². The topological polar surface area (TPSA) is 12.0 Å². The van der Waals surface area contributed by atoms with Gasteiger partial charge in [0.05, 0.1) is 0 Å². The van der Waals surface area contributed by atoms with Gasteiger partial charge in [-0.3, -0.25) is 0 Å². The molecule has 1 unspecified atom stereocenters. The molecule has 0 aromatic carbocycles. The molecule has 0 aromatic heterocycles. The van der Waals surface area contributed by atoms with E-state index in [0.29, 0.717) is 5.41 Å². The zero-order chi connectivity index (χ0) is 11.9. The van der Waals surface area contributed by atoms with E-state index in [1.807, 2.05) is 0 Å². The minimum Gasteiger partial charge on any atom is -0.313 e. The third-order valence-corrected chi connectivity index (χ3v) is 4.32. The lowest BCUT2D eigenvalue weighted by molar-refractivity contribution is 0.136. The van der Waals surface area contributed by atoms with Gasteiger partial charge >= 0.3 is 0 Å². The number of nitrogens with one attached hydrogen (secondary N) is 1. The van der Waals surface area contributed by atoms with Crippen LogP contribution in [0.4, 0.5) is 0 Å². The molecule has 1 aliphatic carbocycles. The van der Waals surface area contributed by atoms with Gasteiger partial charge in [-0.25, -0.2) is 0 Å². The Balaban J connectivity index is 2.50. The standard InChI is InChI=1S/C15H31N/c1-4-6-10-14(16-13-5-2)15(3)11-8-7-9-12-15/h14,16H,4-13H2,1-3H3. The van der Waals surface area contributed by atoms with Crippen LogP contribution >= 0.6 is 0 Å². The number of hydrogen-bond acceptors (Lipinski definition) is 1. The molecule has 1 heteroatoms. The molecule has 0 spiro atoms. The van der Waals surface area contributed by atoms with E-state index in [1.54, 1.807) is 0 Å². The molecule has 0 bridgehead atoms. The maximum atomic E-state index is 3.81. The van der Waals surface area contributed by atoms with E-state index >= 15 is 0 Å². The van der Waals surface area contributed by atoms with Gasteiger partial charge in [-0.15, -0.1) is 0 Å². The van der Waals surface area contributed by atoms with E-state index in [-0.39, 0.29) is 0 Å². The van der Waals surface area contributed by atoms with Gasteiger partial charge in [-0.05, 0) is 37.6 Å². The fourth-order valence-corrected chi connectivity index (χ4v) is 3.13. The van der Waals surface area contributed by atoms with Crippen LogP contribution in [0.5, 0.6) is 0 Å². The highest BCUT2D eigenvalue weighted by Gasteiger charge is 2.34. The summed E-state index contributed by atoms with van der Waals surface area (Å²) in [6.07, 6.45) is 12.6. The lowest BCUT2D eigenvalue weighted by atomic mass is 9.69. The second-order valence-electron chi connectivity index (χ2n) is 5.86. The van der Waals surface area contributed by atoms with E-state index < -0.39 is 0 Å². The number of rotatable bonds is 7. The van der Waals surface area contributed by atoms with Gasteiger partial charge in [-0.2, -0.15) is 0 Å². The summed E-state index contributed by atoms with van der Waals surface area (Å²) in [6, 6.07) is 0.771. The Labute approximate surface area is 102 Å². The second-order valence-corrected chi connectivity index (χ2v) is 5.86. The van der Waals surface area contributed by atoms with Gasteiger partial charge in [0.1, 0.15) is 0 Å². The highest BCUT2D eigenvalue weighted by atomic mass is 14.9. The Hall–Kier alpha value is -0.0400. The van der Waals surface area contributed by atoms with Crippen molar-refractivity contribution in [1.29, 1.82) is 0 Å². The third kappa shape index (κ3) is 4.08. The van der Waals surface area contributed by atoms with Crippen LogP contribution in [0, 0.1) is 5.41 Å². The number of hydrogen-bond donors (Lipinski definition) is 1. The molecule has 1 N–H and O–H groups in total. The number of unbranched alkanes of at least 4 members (excludes halogenated alkanes) is 1. The average molecular weight is 225 g/mol. The summed E-state index contributed by atoms with van der Waals surface area (Å²) in [4.78, 5) is 0. The van der Waals surface area contributed by atoms with Gasteiger partial charge < -0.3 is 5.32 Å². The first-order valence-corrected chi connectivity index (χ1v) is 7.46. The van der Waals surface area contributed by atoms with Gasteiger partial charge in [0.15, 0.2) is 0 Å². The Morgan fingerprint density at radius 3 is 2.31 bits per heavy atom. The van der Waals surface area contributed by atoms with Gasteiger partial charge in [0, 0.05) is 6.04 Å². The van der Waals surface area contributed by atoms with Gasteiger partial charge in [0.25, 0.3) is 0 Å². The van der Waals surface area contributed by atoms with Crippen molar-refractivity contribution in [3.8, 4) is 0 Å². The zero-order valence-corrected chi connectivity index (χ0v) is 11.6. The predicted octanol–water partition coefficient (Wildman–Crippen LogP) is 4.52. The molecule has 0 aromatic rings. The van der Waals surface area contributed by atoms with Crippen molar-refractivity contribution in [3.63, 3.8) is 0 Å². The minimum absolute atomic E-state index is 0.586. The first-order chi connectivity index (χ1) is 7.73. The van der Waals surface area contributed by atoms with Crippen molar-refractivity contribution in [3.05, 3.63) is 0 Å². The van der Waals surface area contributed by atoms with E-state index in [4.69, 9.17) is 0 Å². The van der Waals surface area contributed by atoms with Gasteiger partial charge in [-0.1, -0.05) is 52.9 Å². The van der Waals surface area contributed by atoms with Crippen LogP contribution in [0.1, 0.15) is 78.6 Å². The van der Waals surface area contributed by atoms with Gasteiger partial charge in [0.2, 0.25) is 0 Å². The SMILES string of the molecule is CCCCC(NCCC)C1(C)CCCCC1. The van der Waals surface area contributed by atoms with Crippen molar-refractivity contribution in [1.82, 2.24) is 5.32 Å². The summed E-state index contributed by atoms with van der Waals surface area (Å²) < 4.78 is 0. The van der Waals surface area contributed by atoms with E-state index in [1.165, 1.54) is 64.3 Å². The predicted molar refractivity (Wildman–Crippen MR) is 72.8 cm³/mol. The second kappa shape index (κ2) is 7.32. The van der Waals surface area contributed by atoms with Crippen LogP contribution in [0.3, 0.4) is 0 Å². The summed E-state index contributed by atoms with van der Waals surface area (Å²) in [5, 5.41) is 3.81. The Kier molecular flexibility index (Phi) is 6.41. The molecule has 0 radical (unpaired) electrons. The molecule has 1 fully saturated rings. The summed E-state index contributed by atoms with van der Waals surface area (Å²) in [5.74, 6) is 0. The molecular weight excluding hydrogens is 194 g/mol. The Morgan fingerprint density at radius 1 is 1.06 bits per heavy atom. The first kappa shape index (κ1) is 14.0.